The molecular weight excluding hydrogens is 437 g/mol. The molecule has 3 rings (SSSR count). The molecular formula is C23H15BrFNO3. The fraction of sp³-hybridized carbons (Fsp3) is 0.0435. The van der Waals surface area contributed by atoms with E-state index in [4.69, 9.17) is 9.84 Å². The van der Waals surface area contributed by atoms with Gasteiger partial charge in [0.15, 0.2) is 0 Å². The van der Waals surface area contributed by atoms with Gasteiger partial charge in [0, 0.05) is 15.6 Å². The van der Waals surface area contributed by atoms with Crippen molar-refractivity contribution in [2.24, 2.45) is 0 Å². The molecule has 0 aromatic heterocycles. The van der Waals surface area contributed by atoms with Gasteiger partial charge in [-0.1, -0.05) is 46.3 Å². The molecule has 0 amide bonds. The van der Waals surface area contributed by atoms with E-state index in [-0.39, 0.29) is 23.3 Å². The van der Waals surface area contributed by atoms with Crippen molar-refractivity contribution in [2.75, 3.05) is 0 Å². The van der Waals surface area contributed by atoms with Crippen molar-refractivity contribution >= 4 is 33.5 Å². The zero-order chi connectivity index (χ0) is 20.8. The maximum absolute atomic E-state index is 14.1. The minimum absolute atomic E-state index is 0.178. The Morgan fingerprint density at radius 3 is 2.52 bits per heavy atom. The fourth-order valence-corrected chi connectivity index (χ4v) is 3.05. The number of hydrogen-bond acceptors (Lipinski definition) is 3. The molecule has 29 heavy (non-hydrogen) atoms. The van der Waals surface area contributed by atoms with Gasteiger partial charge in [-0.15, -0.1) is 0 Å². The van der Waals surface area contributed by atoms with Crippen LogP contribution in [0.5, 0.6) is 5.75 Å². The van der Waals surface area contributed by atoms with Crippen LogP contribution in [0, 0.1) is 17.1 Å². The first-order chi connectivity index (χ1) is 14.0. The average molecular weight is 452 g/mol. The minimum Gasteiger partial charge on any atom is -0.488 e. The molecule has 0 atom stereocenters. The molecule has 3 aromatic carbocycles. The number of nitriles is 1. The van der Waals surface area contributed by atoms with E-state index < -0.39 is 11.8 Å². The second-order valence-corrected chi connectivity index (χ2v) is 7.04. The number of carboxylic acid groups (broad SMARTS) is 1. The highest BCUT2D eigenvalue weighted by atomic mass is 79.9. The lowest BCUT2D eigenvalue weighted by Crippen LogP contribution is -2.00. The molecule has 6 heteroatoms. The molecule has 0 radical (unpaired) electrons. The number of rotatable bonds is 6. The van der Waals surface area contributed by atoms with Gasteiger partial charge >= 0.3 is 5.97 Å². The van der Waals surface area contributed by atoms with E-state index in [1.54, 1.807) is 54.6 Å². The Kier molecular flexibility index (Phi) is 6.43. The quantitative estimate of drug-likeness (QED) is 0.372. The van der Waals surface area contributed by atoms with E-state index in [2.05, 4.69) is 15.9 Å². The molecule has 0 spiro atoms. The van der Waals surface area contributed by atoms with Crippen LogP contribution in [0.2, 0.25) is 0 Å². The van der Waals surface area contributed by atoms with Crippen LogP contribution >= 0.6 is 15.9 Å². The van der Waals surface area contributed by atoms with Crippen LogP contribution in [0.15, 0.2) is 71.2 Å². The zero-order valence-corrected chi connectivity index (χ0v) is 16.7. The maximum atomic E-state index is 14.1. The van der Waals surface area contributed by atoms with Crippen molar-refractivity contribution in [3.63, 3.8) is 0 Å². The summed E-state index contributed by atoms with van der Waals surface area (Å²) in [4.78, 5) is 10.9. The number of aromatic carboxylic acids is 1. The summed E-state index contributed by atoms with van der Waals surface area (Å²) in [7, 11) is 0. The number of nitrogens with zero attached hydrogens (tertiary/aromatic N) is 1. The van der Waals surface area contributed by atoms with E-state index in [1.807, 2.05) is 6.07 Å². The molecule has 144 valence electrons. The van der Waals surface area contributed by atoms with Crippen LogP contribution in [0.3, 0.4) is 0 Å². The summed E-state index contributed by atoms with van der Waals surface area (Å²) in [5.74, 6) is -0.953. The normalized spacial score (nSPS) is 11.0. The molecule has 0 saturated carbocycles. The zero-order valence-electron chi connectivity index (χ0n) is 15.1. The summed E-state index contributed by atoms with van der Waals surface area (Å²) < 4.78 is 20.8. The van der Waals surface area contributed by atoms with Gasteiger partial charge in [-0.3, -0.25) is 0 Å². The highest BCUT2D eigenvalue weighted by Crippen LogP contribution is 2.29. The van der Waals surface area contributed by atoms with E-state index in [0.29, 0.717) is 11.3 Å². The monoisotopic (exact) mass is 451 g/mol. The van der Waals surface area contributed by atoms with E-state index in [1.165, 1.54) is 18.2 Å². The first kappa shape index (κ1) is 20.3. The lowest BCUT2D eigenvalue weighted by molar-refractivity contribution is 0.0697. The Labute approximate surface area is 175 Å². The summed E-state index contributed by atoms with van der Waals surface area (Å²) in [5.41, 5.74) is 2.00. The number of carbonyl (C=O) groups is 1. The van der Waals surface area contributed by atoms with Crippen molar-refractivity contribution in [1.29, 1.82) is 5.26 Å². The Morgan fingerprint density at radius 1 is 1.14 bits per heavy atom. The van der Waals surface area contributed by atoms with Crippen molar-refractivity contribution in [3.05, 3.63) is 99.3 Å². The van der Waals surface area contributed by atoms with Crippen molar-refractivity contribution < 1.29 is 19.0 Å². The van der Waals surface area contributed by atoms with Crippen LogP contribution in [0.1, 0.15) is 27.0 Å². The molecule has 0 aliphatic rings. The third kappa shape index (κ3) is 5.09. The van der Waals surface area contributed by atoms with Crippen LogP contribution in [0.25, 0.3) is 11.6 Å². The molecule has 0 fully saturated rings. The van der Waals surface area contributed by atoms with Crippen molar-refractivity contribution in [3.8, 4) is 11.8 Å². The Morgan fingerprint density at radius 2 is 1.86 bits per heavy atom. The number of benzene rings is 3. The minimum atomic E-state index is -0.991. The summed E-state index contributed by atoms with van der Waals surface area (Å²) >= 11 is 3.40. The smallest absolute Gasteiger partial charge is 0.335 e. The Hall–Kier alpha value is -3.43. The highest BCUT2D eigenvalue weighted by Gasteiger charge is 2.10. The van der Waals surface area contributed by atoms with Gasteiger partial charge in [-0.25, -0.2) is 9.18 Å². The molecule has 0 heterocycles. The van der Waals surface area contributed by atoms with Crippen LogP contribution in [-0.4, -0.2) is 11.1 Å². The summed E-state index contributed by atoms with van der Waals surface area (Å²) in [6.07, 6.45) is 1.58. The second-order valence-electron chi connectivity index (χ2n) is 6.12. The lowest BCUT2D eigenvalue weighted by Gasteiger charge is -2.11. The molecule has 0 aliphatic heterocycles. The van der Waals surface area contributed by atoms with Crippen molar-refractivity contribution in [2.45, 2.75) is 6.61 Å². The van der Waals surface area contributed by atoms with Gasteiger partial charge in [0.25, 0.3) is 0 Å². The molecule has 1 N–H and O–H groups in total. The Bertz CT molecular complexity index is 1120. The highest BCUT2D eigenvalue weighted by molar-refractivity contribution is 9.10. The third-order valence-corrected chi connectivity index (χ3v) is 4.64. The van der Waals surface area contributed by atoms with Crippen LogP contribution in [0.4, 0.5) is 4.39 Å². The fourth-order valence-electron chi connectivity index (χ4n) is 2.67. The molecule has 0 aliphatic carbocycles. The molecule has 4 nitrogen and oxygen atoms in total. The topological polar surface area (TPSA) is 70.3 Å². The second kappa shape index (κ2) is 9.18. The van der Waals surface area contributed by atoms with Gasteiger partial charge in [0.2, 0.25) is 0 Å². The standard InChI is InChI=1S/C23H15BrFNO3/c24-19-9-10-22(29-14-15-5-7-16(8-6-15)23(27)28)17(12-19)11-18(13-26)20-3-1-2-4-21(20)25/h1-12H,14H2,(H,27,28). The van der Waals surface area contributed by atoms with Gasteiger partial charge in [-0.2, -0.15) is 5.26 Å². The summed E-state index contributed by atoms with van der Waals surface area (Å²) in [5, 5.41) is 18.5. The van der Waals surface area contributed by atoms with Crippen LogP contribution in [-0.2, 0) is 6.61 Å². The average Bonchev–Trinajstić information content (AvgIpc) is 2.72. The van der Waals surface area contributed by atoms with Gasteiger partial charge in [0.05, 0.1) is 17.2 Å². The Balaban J connectivity index is 1.89. The van der Waals surface area contributed by atoms with Crippen molar-refractivity contribution in [1.82, 2.24) is 0 Å². The van der Waals surface area contributed by atoms with E-state index in [0.717, 1.165) is 10.0 Å². The van der Waals surface area contributed by atoms with Gasteiger partial charge < -0.3 is 9.84 Å². The predicted molar refractivity (Wildman–Crippen MR) is 112 cm³/mol. The third-order valence-electron chi connectivity index (χ3n) is 4.15. The number of ether oxygens (including phenoxy) is 1. The van der Waals surface area contributed by atoms with E-state index >= 15 is 0 Å². The SMILES string of the molecule is N#CC(=Cc1cc(Br)ccc1OCc1ccc(C(=O)O)cc1)c1ccccc1F. The first-order valence-electron chi connectivity index (χ1n) is 8.59. The maximum Gasteiger partial charge on any atom is 0.335 e. The largest absolute Gasteiger partial charge is 0.488 e. The molecule has 0 saturated heterocycles. The summed E-state index contributed by atoms with van der Waals surface area (Å²) in [6, 6.07) is 19.8. The molecule has 0 unspecified atom stereocenters. The lowest BCUT2D eigenvalue weighted by atomic mass is 10.0. The van der Waals surface area contributed by atoms with E-state index in [9.17, 15) is 14.4 Å². The number of allylic oxidation sites excluding steroid dienone is 1. The number of carboxylic acids is 1. The first-order valence-corrected chi connectivity index (χ1v) is 9.38. The molecule has 0 bridgehead atoms. The van der Waals surface area contributed by atoms with Gasteiger partial charge in [0.1, 0.15) is 18.2 Å². The van der Waals surface area contributed by atoms with Gasteiger partial charge in [-0.05, 0) is 48.0 Å². The molecule has 3 aromatic rings. The number of hydrogen-bond donors (Lipinski definition) is 1. The number of halogens is 2. The predicted octanol–water partition coefficient (Wildman–Crippen LogP) is 5.93. The summed E-state index contributed by atoms with van der Waals surface area (Å²) in [6.45, 7) is 0.212. The van der Waals surface area contributed by atoms with Crippen LogP contribution < -0.4 is 4.74 Å².